The molecular weight excluding hydrogens is 244 g/mol. The van der Waals surface area contributed by atoms with E-state index in [4.69, 9.17) is 4.74 Å². The molecule has 0 bridgehead atoms. The van der Waals surface area contributed by atoms with Crippen molar-refractivity contribution in [3.05, 3.63) is 29.3 Å². The number of aryl methyl sites for hydroxylation is 1. The minimum absolute atomic E-state index is 0.124. The number of amides is 1. The summed E-state index contributed by atoms with van der Waals surface area (Å²) in [5.41, 5.74) is 2.86. The third-order valence-electron chi connectivity index (χ3n) is 3.51. The fourth-order valence-electron chi connectivity index (χ4n) is 2.39. The van der Waals surface area contributed by atoms with Gasteiger partial charge in [-0.1, -0.05) is 12.1 Å². The maximum absolute atomic E-state index is 11.7. The van der Waals surface area contributed by atoms with Crippen LogP contribution in [0.15, 0.2) is 18.2 Å². The Labute approximate surface area is 112 Å². The smallest absolute Gasteiger partial charge is 0.327 e. The van der Waals surface area contributed by atoms with Crippen molar-refractivity contribution in [1.82, 2.24) is 5.32 Å². The van der Waals surface area contributed by atoms with E-state index >= 15 is 0 Å². The highest BCUT2D eigenvalue weighted by Gasteiger charge is 2.24. The molecule has 0 aromatic heterocycles. The summed E-state index contributed by atoms with van der Waals surface area (Å²) in [7, 11) is 4.87. The molecule has 0 fully saturated rings. The molecule has 1 N–H and O–H groups in total. The van der Waals surface area contributed by atoms with E-state index in [1.54, 1.807) is 19.0 Å². The van der Waals surface area contributed by atoms with Crippen LogP contribution < -0.4 is 10.2 Å². The summed E-state index contributed by atoms with van der Waals surface area (Å²) in [5.74, 6) is -0.193. The van der Waals surface area contributed by atoms with Crippen LogP contribution in [0.4, 0.5) is 5.69 Å². The standard InChI is InChI=1S/C14H18N2O3/c1-15-13(14(18)19-3)10-4-6-11-9(8-10)5-7-12(17)16(11)2/h4,6,8,13,15H,5,7H2,1-3H3. The molecule has 102 valence electrons. The highest BCUT2D eigenvalue weighted by molar-refractivity contribution is 5.96. The monoisotopic (exact) mass is 262 g/mol. The molecule has 0 saturated carbocycles. The van der Waals surface area contributed by atoms with Gasteiger partial charge in [-0.3, -0.25) is 4.79 Å². The number of nitrogens with zero attached hydrogens (tertiary/aromatic N) is 1. The van der Waals surface area contributed by atoms with Gasteiger partial charge in [0, 0.05) is 19.2 Å². The lowest BCUT2D eigenvalue weighted by Gasteiger charge is -2.27. The first-order valence-electron chi connectivity index (χ1n) is 6.23. The first-order valence-corrected chi connectivity index (χ1v) is 6.23. The van der Waals surface area contributed by atoms with Crippen LogP contribution in [0.1, 0.15) is 23.6 Å². The maximum atomic E-state index is 11.7. The van der Waals surface area contributed by atoms with Crippen LogP contribution in [-0.2, 0) is 20.7 Å². The minimum atomic E-state index is -0.474. The third-order valence-corrected chi connectivity index (χ3v) is 3.51. The molecule has 0 radical (unpaired) electrons. The molecule has 0 saturated heterocycles. The number of carbonyl (C=O) groups is 2. The molecule has 1 heterocycles. The Kier molecular flexibility index (Phi) is 3.85. The minimum Gasteiger partial charge on any atom is -0.468 e. The molecule has 1 aliphatic heterocycles. The normalized spacial score (nSPS) is 15.9. The first-order chi connectivity index (χ1) is 9.08. The van der Waals surface area contributed by atoms with Gasteiger partial charge in [-0.2, -0.15) is 0 Å². The largest absolute Gasteiger partial charge is 0.468 e. The molecule has 19 heavy (non-hydrogen) atoms. The Morgan fingerprint density at radius 3 is 2.79 bits per heavy atom. The van der Waals surface area contributed by atoms with Gasteiger partial charge >= 0.3 is 5.97 Å². The molecule has 5 nitrogen and oxygen atoms in total. The predicted octanol–water partition coefficient (Wildman–Crippen LogP) is 1.03. The van der Waals surface area contributed by atoms with E-state index in [0.717, 1.165) is 16.8 Å². The van der Waals surface area contributed by atoms with Crippen LogP contribution in [0, 0.1) is 0 Å². The van der Waals surface area contributed by atoms with E-state index in [1.807, 2.05) is 18.2 Å². The lowest BCUT2D eigenvalue weighted by atomic mass is 9.96. The molecule has 0 spiro atoms. The number of likely N-dealkylation sites (N-methyl/N-ethyl adjacent to an activating group) is 1. The Balaban J connectivity index is 2.36. The summed E-state index contributed by atoms with van der Waals surface area (Å²) in [4.78, 5) is 25.0. The van der Waals surface area contributed by atoms with Gasteiger partial charge in [0.25, 0.3) is 0 Å². The number of fused-ring (bicyclic) bond motifs is 1. The molecule has 5 heteroatoms. The molecule has 2 rings (SSSR count). The highest BCUT2D eigenvalue weighted by Crippen LogP contribution is 2.29. The number of ether oxygens (including phenoxy) is 1. The van der Waals surface area contributed by atoms with Crippen molar-refractivity contribution in [2.45, 2.75) is 18.9 Å². The summed E-state index contributed by atoms with van der Waals surface area (Å²) >= 11 is 0. The number of carbonyl (C=O) groups excluding carboxylic acids is 2. The lowest BCUT2D eigenvalue weighted by molar-refractivity contribution is -0.143. The number of hydrogen-bond donors (Lipinski definition) is 1. The van der Waals surface area contributed by atoms with Gasteiger partial charge in [0.1, 0.15) is 6.04 Å². The topological polar surface area (TPSA) is 58.6 Å². The molecule has 1 amide bonds. The molecule has 0 aliphatic carbocycles. The number of benzene rings is 1. The summed E-state index contributed by atoms with van der Waals surface area (Å²) in [6.07, 6.45) is 1.22. The van der Waals surface area contributed by atoms with Gasteiger partial charge < -0.3 is 15.0 Å². The van der Waals surface area contributed by atoms with Crippen LogP contribution in [0.2, 0.25) is 0 Å². The highest BCUT2D eigenvalue weighted by atomic mass is 16.5. The predicted molar refractivity (Wildman–Crippen MR) is 72.0 cm³/mol. The second kappa shape index (κ2) is 5.40. The van der Waals surface area contributed by atoms with Crippen molar-refractivity contribution in [1.29, 1.82) is 0 Å². The van der Waals surface area contributed by atoms with E-state index in [2.05, 4.69) is 5.32 Å². The molecule has 1 atom stereocenters. The van der Waals surface area contributed by atoms with Crippen LogP contribution in [0.3, 0.4) is 0 Å². The van der Waals surface area contributed by atoms with Gasteiger partial charge in [-0.25, -0.2) is 4.79 Å². The number of nitrogens with one attached hydrogen (secondary N) is 1. The van der Waals surface area contributed by atoms with Gasteiger partial charge in [-0.05, 0) is 30.7 Å². The zero-order valence-corrected chi connectivity index (χ0v) is 11.4. The average Bonchev–Trinajstić information content (AvgIpc) is 2.43. The van der Waals surface area contributed by atoms with E-state index in [0.29, 0.717) is 12.8 Å². The van der Waals surface area contributed by atoms with Gasteiger partial charge in [0.05, 0.1) is 7.11 Å². The van der Waals surface area contributed by atoms with Crippen molar-refractivity contribution in [3.63, 3.8) is 0 Å². The Hall–Kier alpha value is -1.88. The van der Waals surface area contributed by atoms with Crippen molar-refractivity contribution in [3.8, 4) is 0 Å². The Morgan fingerprint density at radius 1 is 1.42 bits per heavy atom. The molecule has 1 aromatic rings. The van der Waals surface area contributed by atoms with Crippen LogP contribution in [-0.4, -0.2) is 33.1 Å². The van der Waals surface area contributed by atoms with E-state index in [-0.39, 0.29) is 11.9 Å². The second-order valence-corrected chi connectivity index (χ2v) is 4.59. The number of hydrogen-bond acceptors (Lipinski definition) is 4. The SMILES string of the molecule is CNC(C(=O)OC)c1ccc2c(c1)CCC(=O)N2C. The van der Waals surface area contributed by atoms with Crippen LogP contribution in [0.25, 0.3) is 0 Å². The van der Waals surface area contributed by atoms with Crippen LogP contribution >= 0.6 is 0 Å². The lowest BCUT2D eigenvalue weighted by Crippen LogP contribution is -2.32. The first kappa shape index (κ1) is 13.5. The summed E-state index contributed by atoms with van der Waals surface area (Å²) < 4.78 is 4.77. The summed E-state index contributed by atoms with van der Waals surface area (Å²) in [5, 5.41) is 2.94. The van der Waals surface area contributed by atoms with Gasteiger partial charge in [0.2, 0.25) is 5.91 Å². The molecule has 1 aliphatic rings. The van der Waals surface area contributed by atoms with Crippen molar-refractivity contribution < 1.29 is 14.3 Å². The van der Waals surface area contributed by atoms with Crippen molar-refractivity contribution >= 4 is 17.6 Å². The Bertz CT molecular complexity index is 513. The summed E-state index contributed by atoms with van der Waals surface area (Å²) in [6, 6.07) is 5.23. The molecular formula is C14H18N2O3. The fourth-order valence-corrected chi connectivity index (χ4v) is 2.39. The number of anilines is 1. The van der Waals surface area contributed by atoms with Crippen molar-refractivity contribution in [2.75, 3.05) is 26.1 Å². The van der Waals surface area contributed by atoms with E-state index in [9.17, 15) is 9.59 Å². The van der Waals surface area contributed by atoms with Gasteiger partial charge in [-0.15, -0.1) is 0 Å². The molecule has 1 unspecified atom stereocenters. The Morgan fingerprint density at radius 2 is 2.16 bits per heavy atom. The van der Waals surface area contributed by atoms with Crippen molar-refractivity contribution in [2.24, 2.45) is 0 Å². The zero-order valence-electron chi connectivity index (χ0n) is 11.4. The van der Waals surface area contributed by atoms with E-state index in [1.165, 1.54) is 7.11 Å². The van der Waals surface area contributed by atoms with Crippen LogP contribution in [0.5, 0.6) is 0 Å². The quantitative estimate of drug-likeness (QED) is 0.827. The average molecular weight is 262 g/mol. The number of rotatable bonds is 3. The second-order valence-electron chi connectivity index (χ2n) is 4.59. The maximum Gasteiger partial charge on any atom is 0.327 e. The number of esters is 1. The van der Waals surface area contributed by atoms with Gasteiger partial charge in [0.15, 0.2) is 0 Å². The molecule has 1 aromatic carbocycles. The third kappa shape index (κ3) is 2.46. The van der Waals surface area contributed by atoms with E-state index < -0.39 is 6.04 Å². The number of methoxy groups -OCH3 is 1. The zero-order chi connectivity index (χ0) is 14.0. The summed E-state index contributed by atoms with van der Waals surface area (Å²) in [6.45, 7) is 0. The fraction of sp³-hybridized carbons (Fsp3) is 0.429.